The van der Waals surface area contributed by atoms with Crippen LogP contribution in [0.4, 0.5) is 17.1 Å². The van der Waals surface area contributed by atoms with Crippen molar-refractivity contribution < 1.29 is 9.90 Å². The summed E-state index contributed by atoms with van der Waals surface area (Å²) in [6.07, 6.45) is 5.56. The number of anilines is 3. The maximum absolute atomic E-state index is 11.6. The molecule has 0 aliphatic heterocycles. The molecule has 0 aliphatic carbocycles. The minimum Gasteiger partial charge on any atom is -0.477 e. The van der Waals surface area contributed by atoms with Crippen LogP contribution in [-0.2, 0) is 4.79 Å². The van der Waals surface area contributed by atoms with E-state index >= 15 is 0 Å². The lowest BCUT2D eigenvalue weighted by atomic mass is 10.0. The molecule has 0 aliphatic rings. The van der Waals surface area contributed by atoms with Gasteiger partial charge in [0, 0.05) is 49.1 Å². The molecule has 2 aromatic heterocycles. The highest BCUT2D eigenvalue weighted by atomic mass is 32.1. The van der Waals surface area contributed by atoms with Gasteiger partial charge in [0.05, 0.1) is 22.4 Å². The molecule has 0 spiro atoms. The topological polar surface area (TPSA) is 90.1 Å². The number of fused-ring (bicyclic) bond motifs is 1. The van der Waals surface area contributed by atoms with Crippen LogP contribution >= 0.6 is 11.3 Å². The van der Waals surface area contributed by atoms with Crippen LogP contribution in [0.1, 0.15) is 16.0 Å². The molecule has 0 unspecified atom stereocenters. The molecule has 0 bridgehead atoms. The van der Waals surface area contributed by atoms with E-state index in [1.54, 1.807) is 6.07 Å². The average molecular weight is 729 g/mol. The summed E-state index contributed by atoms with van der Waals surface area (Å²) in [6, 6.07) is 58.9. The van der Waals surface area contributed by atoms with E-state index in [0.717, 1.165) is 66.7 Å². The maximum Gasteiger partial charge on any atom is 0.346 e. The SMILES string of the molecule is N#C/C(=C\c1ccc(-c2ccc(/C=C/c3ccc(N(c4ccccc4)c4ccccc4)cc3)c3nc(-c4ccccc4)c(-c4ccccc4)nc23)s1)C(=O)O. The highest BCUT2D eigenvalue weighted by Crippen LogP contribution is 2.39. The standard InChI is InChI=1S/C48H32N4O2S/c49-32-37(48(53)54)31-41-28-30-43(55-41)42-29-25-36(46-47(42)51-45(35-15-7-2-8-16-35)44(50-46)34-13-5-1-6-14-34)24-21-33-22-26-40(27-23-33)52(38-17-9-3-10-18-38)39-19-11-4-12-20-39/h1-31H,(H,53,54)/b24-21+,37-31+. The summed E-state index contributed by atoms with van der Waals surface area (Å²) in [5.74, 6) is -1.26. The van der Waals surface area contributed by atoms with E-state index in [4.69, 9.17) is 9.97 Å². The van der Waals surface area contributed by atoms with Crippen LogP contribution in [0.2, 0.25) is 0 Å². The Morgan fingerprint density at radius 1 is 0.600 bits per heavy atom. The molecule has 6 nitrogen and oxygen atoms in total. The molecule has 0 saturated carbocycles. The molecule has 6 aromatic carbocycles. The van der Waals surface area contributed by atoms with Gasteiger partial charge in [-0.15, -0.1) is 11.3 Å². The number of carboxylic acid groups (broad SMARTS) is 1. The molecule has 1 N–H and O–H groups in total. The summed E-state index contributed by atoms with van der Waals surface area (Å²) in [5.41, 5.74) is 10.5. The van der Waals surface area contributed by atoms with Crippen LogP contribution in [0.15, 0.2) is 175 Å². The maximum atomic E-state index is 11.6. The number of para-hydroxylation sites is 2. The van der Waals surface area contributed by atoms with Crippen molar-refractivity contribution in [1.29, 1.82) is 5.26 Å². The van der Waals surface area contributed by atoms with Crippen molar-refractivity contribution in [3.63, 3.8) is 0 Å². The molecular formula is C48H32N4O2S. The number of aliphatic carboxylic acids is 1. The van der Waals surface area contributed by atoms with E-state index in [1.165, 1.54) is 17.4 Å². The van der Waals surface area contributed by atoms with Crippen molar-refractivity contribution in [3.05, 3.63) is 191 Å². The molecular weight excluding hydrogens is 697 g/mol. The second-order valence-corrected chi connectivity index (χ2v) is 13.8. The summed E-state index contributed by atoms with van der Waals surface area (Å²) in [6.45, 7) is 0. The quantitative estimate of drug-likeness (QED) is 0.0856. The van der Waals surface area contributed by atoms with Gasteiger partial charge in [-0.25, -0.2) is 14.8 Å². The van der Waals surface area contributed by atoms with Gasteiger partial charge in [-0.2, -0.15) is 5.26 Å². The fourth-order valence-corrected chi connectivity index (χ4v) is 7.44. The van der Waals surface area contributed by atoms with Crippen LogP contribution in [-0.4, -0.2) is 21.0 Å². The fourth-order valence-electron chi connectivity index (χ4n) is 6.46. The molecule has 2 heterocycles. The van der Waals surface area contributed by atoms with Gasteiger partial charge in [-0.3, -0.25) is 0 Å². The molecule has 0 atom stereocenters. The Labute approximate surface area is 322 Å². The third-order valence-electron chi connectivity index (χ3n) is 9.11. The third-order valence-corrected chi connectivity index (χ3v) is 10.2. The minimum absolute atomic E-state index is 0.321. The summed E-state index contributed by atoms with van der Waals surface area (Å²) in [7, 11) is 0. The van der Waals surface area contributed by atoms with E-state index in [2.05, 4.69) is 65.6 Å². The number of hydrogen-bond donors (Lipinski definition) is 1. The van der Waals surface area contributed by atoms with Crippen molar-refractivity contribution in [1.82, 2.24) is 9.97 Å². The van der Waals surface area contributed by atoms with Gasteiger partial charge < -0.3 is 10.0 Å². The summed E-state index contributed by atoms with van der Waals surface area (Å²) < 4.78 is 0. The van der Waals surface area contributed by atoms with Gasteiger partial charge in [-0.1, -0.05) is 133 Å². The zero-order valence-electron chi connectivity index (χ0n) is 29.5. The molecule has 0 amide bonds. The normalized spacial score (nSPS) is 11.4. The van der Waals surface area contributed by atoms with Gasteiger partial charge in [0.15, 0.2) is 0 Å². The Kier molecular flexibility index (Phi) is 9.89. The molecule has 55 heavy (non-hydrogen) atoms. The number of aromatic nitrogens is 2. The predicted octanol–water partition coefficient (Wildman–Crippen LogP) is 12.3. The number of carbonyl (C=O) groups is 1. The second kappa shape index (κ2) is 15.7. The van der Waals surface area contributed by atoms with Crippen molar-refractivity contribution >= 4 is 63.6 Å². The number of nitriles is 1. The Morgan fingerprint density at radius 2 is 1.13 bits per heavy atom. The lowest BCUT2D eigenvalue weighted by Gasteiger charge is -2.25. The highest BCUT2D eigenvalue weighted by molar-refractivity contribution is 7.16. The van der Waals surface area contributed by atoms with E-state index in [-0.39, 0.29) is 5.57 Å². The first kappa shape index (κ1) is 34.7. The molecule has 8 aromatic rings. The number of benzene rings is 6. The summed E-state index contributed by atoms with van der Waals surface area (Å²) in [5, 5.41) is 18.8. The lowest BCUT2D eigenvalue weighted by molar-refractivity contribution is -0.132. The first-order valence-corrected chi connectivity index (χ1v) is 18.5. The van der Waals surface area contributed by atoms with Crippen molar-refractivity contribution in [2.24, 2.45) is 0 Å². The molecule has 8 rings (SSSR count). The Bertz CT molecular complexity index is 2680. The molecule has 0 fully saturated rings. The van der Waals surface area contributed by atoms with Crippen LogP contribution in [0.25, 0.3) is 62.2 Å². The Hall–Kier alpha value is -7.40. The highest BCUT2D eigenvalue weighted by Gasteiger charge is 2.19. The van der Waals surface area contributed by atoms with Gasteiger partial charge in [0.2, 0.25) is 0 Å². The first-order valence-electron chi connectivity index (χ1n) is 17.6. The van der Waals surface area contributed by atoms with Gasteiger partial charge in [-0.05, 0) is 60.2 Å². The van der Waals surface area contributed by atoms with E-state index in [9.17, 15) is 15.2 Å². The smallest absolute Gasteiger partial charge is 0.346 e. The number of nitrogens with zero attached hydrogens (tertiary/aromatic N) is 4. The molecule has 7 heteroatoms. The zero-order valence-corrected chi connectivity index (χ0v) is 30.3. The Balaban J connectivity index is 1.24. The van der Waals surface area contributed by atoms with Crippen LogP contribution in [0, 0.1) is 11.3 Å². The lowest BCUT2D eigenvalue weighted by Crippen LogP contribution is -2.09. The predicted molar refractivity (Wildman–Crippen MR) is 225 cm³/mol. The van der Waals surface area contributed by atoms with Crippen molar-refractivity contribution in [2.75, 3.05) is 4.90 Å². The van der Waals surface area contributed by atoms with Crippen LogP contribution < -0.4 is 4.90 Å². The molecule has 262 valence electrons. The number of rotatable bonds is 10. The van der Waals surface area contributed by atoms with Crippen molar-refractivity contribution in [2.45, 2.75) is 0 Å². The molecule has 0 radical (unpaired) electrons. The number of carboxylic acids is 1. The zero-order chi connectivity index (χ0) is 37.6. The van der Waals surface area contributed by atoms with Gasteiger partial charge in [0.1, 0.15) is 11.6 Å². The van der Waals surface area contributed by atoms with Crippen LogP contribution in [0.5, 0.6) is 0 Å². The monoisotopic (exact) mass is 728 g/mol. The minimum atomic E-state index is -1.26. The van der Waals surface area contributed by atoms with Crippen LogP contribution in [0.3, 0.4) is 0 Å². The Morgan fingerprint density at radius 3 is 1.67 bits per heavy atom. The first-order chi connectivity index (χ1) is 27.1. The van der Waals surface area contributed by atoms with Gasteiger partial charge >= 0.3 is 5.97 Å². The summed E-state index contributed by atoms with van der Waals surface area (Å²) >= 11 is 1.40. The third kappa shape index (κ3) is 7.44. The fraction of sp³-hybridized carbons (Fsp3) is 0. The number of thiophene rings is 1. The van der Waals surface area contributed by atoms with E-state index in [0.29, 0.717) is 10.4 Å². The van der Waals surface area contributed by atoms with Gasteiger partial charge in [0.25, 0.3) is 0 Å². The second-order valence-electron chi connectivity index (χ2n) is 12.7. The largest absolute Gasteiger partial charge is 0.477 e. The van der Waals surface area contributed by atoms with E-state index < -0.39 is 5.97 Å². The van der Waals surface area contributed by atoms with Crippen molar-refractivity contribution in [3.8, 4) is 39.0 Å². The molecule has 0 saturated heterocycles. The number of hydrogen-bond acceptors (Lipinski definition) is 6. The average Bonchev–Trinajstić information content (AvgIpc) is 3.71. The van der Waals surface area contributed by atoms with E-state index in [1.807, 2.05) is 121 Å². The summed E-state index contributed by atoms with van der Waals surface area (Å²) in [4.78, 5) is 26.1.